The zero-order valence-electron chi connectivity index (χ0n) is 13.3. The summed E-state index contributed by atoms with van der Waals surface area (Å²) in [5.74, 6) is 0.917. The summed E-state index contributed by atoms with van der Waals surface area (Å²) < 4.78 is 5.21. The normalized spacial score (nSPS) is 20.4. The van der Waals surface area contributed by atoms with E-state index in [0.717, 1.165) is 13.0 Å². The van der Waals surface area contributed by atoms with Crippen LogP contribution in [0.5, 0.6) is 0 Å². The molecule has 0 radical (unpaired) electrons. The topological polar surface area (TPSA) is 85.2 Å². The number of carbonyl (C=O) groups excluding carboxylic acids is 1. The average Bonchev–Trinajstić information content (AvgIpc) is 3.13. The first-order valence-electron chi connectivity index (χ1n) is 7.41. The number of nitrogens with zero attached hydrogens (tertiary/aromatic N) is 3. The smallest absolute Gasteiger partial charge is 0.258 e. The maximum absolute atomic E-state index is 12.8. The highest BCUT2D eigenvalue weighted by atomic mass is 35.5. The molecule has 6 nitrogen and oxygen atoms in total. The number of benzene rings is 1. The molecule has 2 heterocycles. The van der Waals surface area contributed by atoms with Gasteiger partial charge < -0.3 is 15.2 Å². The number of amides is 1. The SMILES string of the molecule is Cc1noc(-c2ccccc2C(=O)N2CCC(C)(CN)C2)n1.Cl. The molecule has 1 saturated heterocycles. The number of hydrogen-bond donors (Lipinski definition) is 1. The number of likely N-dealkylation sites (tertiary alicyclic amines) is 1. The van der Waals surface area contributed by atoms with E-state index in [-0.39, 0.29) is 23.7 Å². The molecule has 23 heavy (non-hydrogen) atoms. The van der Waals surface area contributed by atoms with Gasteiger partial charge in [0.2, 0.25) is 0 Å². The minimum atomic E-state index is -0.0105. The quantitative estimate of drug-likeness (QED) is 0.929. The van der Waals surface area contributed by atoms with Gasteiger partial charge in [0, 0.05) is 13.1 Å². The predicted molar refractivity (Wildman–Crippen MR) is 89.4 cm³/mol. The van der Waals surface area contributed by atoms with Gasteiger partial charge >= 0.3 is 0 Å². The summed E-state index contributed by atoms with van der Waals surface area (Å²) in [5.41, 5.74) is 7.09. The second-order valence-electron chi connectivity index (χ2n) is 6.18. The van der Waals surface area contributed by atoms with Gasteiger partial charge in [-0.3, -0.25) is 4.79 Å². The predicted octanol–water partition coefficient (Wildman–Crippen LogP) is 2.28. The molecule has 1 fully saturated rings. The van der Waals surface area contributed by atoms with Crippen molar-refractivity contribution < 1.29 is 9.32 Å². The summed E-state index contributed by atoms with van der Waals surface area (Å²) in [5, 5.41) is 3.80. The fourth-order valence-corrected chi connectivity index (χ4v) is 2.80. The van der Waals surface area contributed by atoms with Crippen LogP contribution in [0.15, 0.2) is 28.8 Å². The van der Waals surface area contributed by atoms with Gasteiger partial charge in [0.1, 0.15) is 0 Å². The largest absolute Gasteiger partial charge is 0.338 e. The Morgan fingerprint density at radius 1 is 1.43 bits per heavy atom. The minimum absolute atomic E-state index is 0. The van der Waals surface area contributed by atoms with E-state index in [4.69, 9.17) is 10.3 Å². The Kier molecular flexibility index (Phi) is 5.06. The van der Waals surface area contributed by atoms with Crippen LogP contribution in [0.3, 0.4) is 0 Å². The second kappa shape index (κ2) is 6.68. The van der Waals surface area contributed by atoms with Gasteiger partial charge in [0.15, 0.2) is 5.82 Å². The summed E-state index contributed by atoms with van der Waals surface area (Å²) in [7, 11) is 0. The third kappa shape index (κ3) is 3.38. The number of carbonyl (C=O) groups is 1. The van der Waals surface area contributed by atoms with Crippen molar-refractivity contribution >= 4 is 18.3 Å². The first-order chi connectivity index (χ1) is 10.5. The summed E-state index contributed by atoms with van der Waals surface area (Å²) in [4.78, 5) is 18.9. The van der Waals surface area contributed by atoms with Gasteiger partial charge in [-0.05, 0) is 37.4 Å². The first kappa shape index (κ1) is 17.4. The molecule has 1 amide bonds. The Morgan fingerprint density at radius 3 is 2.78 bits per heavy atom. The van der Waals surface area contributed by atoms with Crippen molar-refractivity contribution in [2.45, 2.75) is 20.3 Å². The summed E-state index contributed by atoms with van der Waals surface area (Å²) in [6.45, 7) is 5.86. The minimum Gasteiger partial charge on any atom is -0.338 e. The van der Waals surface area contributed by atoms with Crippen molar-refractivity contribution in [2.24, 2.45) is 11.1 Å². The lowest BCUT2D eigenvalue weighted by Gasteiger charge is -2.23. The van der Waals surface area contributed by atoms with E-state index < -0.39 is 0 Å². The van der Waals surface area contributed by atoms with Crippen LogP contribution < -0.4 is 5.73 Å². The number of aryl methyl sites for hydroxylation is 1. The van der Waals surface area contributed by atoms with Crippen molar-refractivity contribution in [2.75, 3.05) is 19.6 Å². The maximum Gasteiger partial charge on any atom is 0.258 e. The lowest BCUT2D eigenvalue weighted by molar-refractivity contribution is 0.0777. The third-order valence-corrected chi connectivity index (χ3v) is 4.25. The van der Waals surface area contributed by atoms with Crippen LogP contribution in [-0.4, -0.2) is 40.6 Å². The molecule has 2 N–H and O–H groups in total. The number of rotatable bonds is 3. The molecule has 1 aliphatic heterocycles. The number of aromatic nitrogens is 2. The molecule has 2 aromatic rings. The van der Waals surface area contributed by atoms with E-state index in [9.17, 15) is 4.79 Å². The molecule has 0 bridgehead atoms. The highest BCUT2D eigenvalue weighted by Gasteiger charge is 2.36. The van der Waals surface area contributed by atoms with Crippen LogP contribution in [0, 0.1) is 12.3 Å². The molecular weight excluding hydrogens is 316 g/mol. The summed E-state index contributed by atoms with van der Waals surface area (Å²) in [6.07, 6.45) is 0.928. The van der Waals surface area contributed by atoms with Gasteiger partial charge in [0.05, 0.1) is 11.1 Å². The van der Waals surface area contributed by atoms with Crippen molar-refractivity contribution in [1.29, 1.82) is 0 Å². The van der Waals surface area contributed by atoms with Crippen LogP contribution in [0.2, 0.25) is 0 Å². The molecule has 1 aromatic carbocycles. The zero-order chi connectivity index (χ0) is 15.7. The molecule has 7 heteroatoms. The maximum atomic E-state index is 12.8. The van der Waals surface area contributed by atoms with Crippen molar-refractivity contribution in [3.05, 3.63) is 35.7 Å². The highest BCUT2D eigenvalue weighted by molar-refractivity contribution is 6.00. The van der Waals surface area contributed by atoms with Gasteiger partial charge in [-0.25, -0.2) is 0 Å². The van der Waals surface area contributed by atoms with E-state index in [0.29, 0.717) is 35.9 Å². The monoisotopic (exact) mass is 336 g/mol. The van der Waals surface area contributed by atoms with Crippen LogP contribution in [0.25, 0.3) is 11.5 Å². The van der Waals surface area contributed by atoms with Gasteiger partial charge in [-0.2, -0.15) is 4.98 Å². The Labute approximate surface area is 141 Å². The Bertz CT molecular complexity index is 703. The molecule has 0 spiro atoms. The van der Waals surface area contributed by atoms with E-state index in [1.807, 2.05) is 23.1 Å². The molecule has 0 saturated carbocycles. The molecule has 1 atom stereocenters. The summed E-state index contributed by atoms with van der Waals surface area (Å²) in [6, 6.07) is 7.34. The Hall–Kier alpha value is -1.92. The van der Waals surface area contributed by atoms with Crippen LogP contribution in [0.4, 0.5) is 0 Å². The second-order valence-corrected chi connectivity index (χ2v) is 6.18. The average molecular weight is 337 g/mol. The Balaban J connectivity index is 0.00000192. The number of hydrogen-bond acceptors (Lipinski definition) is 5. The third-order valence-electron chi connectivity index (χ3n) is 4.25. The van der Waals surface area contributed by atoms with Crippen molar-refractivity contribution in [3.63, 3.8) is 0 Å². The van der Waals surface area contributed by atoms with Crippen LogP contribution in [-0.2, 0) is 0 Å². The van der Waals surface area contributed by atoms with E-state index >= 15 is 0 Å². The van der Waals surface area contributed by atoms with E-state index in [1.54, 1.807) is 13.0 Å². The summed E-state index contributed by atoms with van der Waals surface area (Å²) >= 11 is 0. The van der Waals surface area contributed by atoms with Gasteiger partial charge in [0.25, 0.3) is 11.8 Å². The molecule has 3 rings (SSSR count). The standard InChI is InChI=1S/C16H20N4O2.ClH/c1-11-18-14(22-19-11)12-5-3-4-6-13(12)15(21)20-8-7-16(2,9-17)10-20;/h3-6H,7-10,17H2,1-2H3;1H. The fourth-order valence-electron chi connectivity index (χ4n) is 2.80. The van der Waals surface area contributed by atoms with E-state index in [1.165, 1.54) is 0 Å². The van der Waals surface area contributed by atoms with Crippen LogP contribution in [0.1, 0.15) is 29.5 Å². The first-order valence-corrected chi connectivity index (χ1v) is 7.41. The number of nitrogens with two attached hydrogens (primary N) is 1. The molecule has 1 aromatic heterocycles. The molecule has 1 unspecified atom stereocenters. The van der Waals surface area contributed by atoms with Crippen LogP contribution >= 0.6 is 12.4 Å². The highest BCUT2D eigenvalue weighted by Crippen LogP contribution is 2.31. The molecule has 0 aliphatic carbocycles. The van der Waals surface area contributed by atoms with Gasteiger partial charge in [-0.1, -0.05) is 24.2 Å². The Morgan fingerprint density at radius 2 is 2.17 bits per heavy atom. The molecular formula is C16H21ClN4O2. The van der Waals surface area contributed by atoms with Gasteiger partial charge in [-0.15, -0.1) is 12.4 Å². The molecule has 1 aliphatic rings. The zero-order valence-corrected chi connectivity index (χ0v) is 14.1. The number of halogens is 1. The fraction of sp³-hybridized carbons (Fsp3) is 0.438. The van der Waals surface area contributed by atoms with E-state index in [2.05, 4.69) is 17.1 Å². The lowest BCUT2D eigenvalue weighted by atomic mass is 9.90. The lowest BCUT2D eigenvalue weighted by Crippen LogP contribution is -2.34. The van der Waals surface area contributed by atoms with Crippen molar-refractivity contribution in [3.8, 4) is 11.5 Å². The van der Waals surface area contributed by atoms with Crippen molar-refractivity contribution in [1.82, 2.24) is 15.0 Å². The molecule has 124 valence electrons.